The number of aliphatic hydroxyl groups excluding tert-OH is 2. The summed E-state index contributed by atoms with van der Waals surface area (Å²) in [7, 11) is 0.770. The summed E-state index contributed by atoms with van der Waals surface area (Å²) in [5.41, 5.74) is 3.76. The Balaban J connectivity index is 3.11. The second-order valence-corrected chi connectivity index (χ2v) is 6.15. The van der Waals surface area contributed by atoms with Gasteiger partial charge in [-0.3, -0.25) is 0 Å². The Bertz CT molecular complexity index is 599. The largest absolute Gasteiger partial charge is 0.508 e. The standard InChI is InChI=1S/C20H29BO3/c1-6-8-19(9-10-22)24-20-12-17(11-18(13-20)16(5)23)15(4)21-14(3)7-2/h7,11-13,19,21-23H,4-6,8-10H2,1-3H3/b14-7-. The van der Waals surface area contributed by atoms with E-state index in [4.69, 9.17) is 4.74 Å². The van der Waals surface area contributed by atoms with Crippen molar-refractivity contribution in [3.63, 3.8) is 0 Å². The molecule has 0 aliphatic rings. The molecule has 0 spiro atoms. The number of hydrogen-bond acceptors (Lipinski definition) is 3. The van der Waals surface area contributed by atoms with Crippen molar-refractivity contribution in [2.75, 3.05) is 6.61 Å². The normalized spacial score (nSPS) is 12.6. The molecule has 0 amide bonds. The summed E-state index contributed by atoms with van der Waals surface area (Å²) in [6.07, 6.45) is 4.47. The lowest BCUT2D eigenvalue weighted by Crippen LogP contribution is -2.18. The smallest absolute Gasteiger partial charge is 0.186 e. The number of ether oxygens (including phenoxy) is 1. The molecule has 0 aliphatic heterocycles. The van der Waals surface area contributed by atoms with Crippen LogP contribution in [-0.4, -0.2) is 30.2 Å². The average Bonchev–Trinajstić information content (AvgIpc) is 2.54. The highest BCUT2D eigenvalue weighted by atomic mass is 16.5. The predicted molar refractivity (Wildman–Crippen MR) is 105 cm³/mol. The van der Waals surface area contributed by atoms with Crippen molar-refractivity contribution in [3.05, 3.63) is 54.0 Å². The van der Waals surface area contributed by atoms with Gasteiger partial charge in [-0.05, 0) is 37.1 Å². The summed E-state index contributed by atoms with van der Waals surface area (Å²) >= 11 is 0. The molecule has 0 saturated carbocycles. The summed E-state index contributed by atoms with van der Waals surface area (Å²) in [6, 6.07) is 5.60. The number of allylic oxidation sites excluding steroid dienone is 2. The van der Waals surface area contributed by atoms with Gasteiger partial charge in [0.25, 0.3) is 0 Å². The van der Waals surface area contributed by atoms with Gasteiger partial charge in [0, 0.05) is 18.6 Å². The molecule has 4 heteroatoms. The maximum atomic E-state index is 9.79. The van der Waals surface area contributed by atoms with Gasteiger partial charge in [0.2, 0.25) is 0 Å². The zero-order chi connectivity index (χ0) is 18.1. The monoisotopic (exact) mass is 328 g/mol. The Morgan fingerprint density at radius 3 is 2.46 bits per heavy atom. The minimum Gasteiger partial charge on any atom is -0.508 e. The van der Waals surface area contributed by atoms with Gasteiger partial charge < -0.3 is 14.9 Å². The lowest BCUT2D eigenvalue weighted by molar-refractivity contribution is 0.145. The lowest BCUT2D eigenvalue weighted by atomic mass is 9.61. The molecular formula is C20H29BO3. The summed E-state index contributed by atoms with van der Waals surface area (Å²) in [5, 5.41) is 19.0. The van der Waals surface area contributed by atoms with Gasteiger partial charge in [-0.1, -0.05) is 38.4 Å². The molecular weight excluding hydrogens is 299 g/mol. The second-order valence-electron chi connectivity index (χ2n) is 6.15. The van der Waals surface area contributed by atoms with Crippen LogP contribution in [0.3, 0.4) is 0 Å². The number of aliphatic hydroxyl groups is 2. The van der Waals surface area contributed by atoms with Crippen molar-refractivity contribution in [2.45, 2.75) is 46.1 Å². The van der Waals surface area contributed by atoms with Crippen LogP contribution in [-0.2, 0) is 0 Å². The molecule has 1 unspecified atom stereocenters. The Labute approximate surface area is 146 Å². The van der Waals surface area contributed by atoms with Gasteiger partial charge >= 0.3 is 0 Å². The number of hydrogen-bond donors (Lipinski definition) is 2. The van der Waals surface area contributed by atoms with Crippen LogP contribution in [0.2, 0.25) is 0 Å². The van der Waals surface area contributed by atoms with E-state index in [9.17, 15) is 10.2 Å². The van der Waals surface area contributed by atoms with E-state index >= 15 is 0 Å². The van der Waals surface area contributed by atoms with E-state index in [1.165, 1.54) is 5.47 Å². The van der Waals surface area contributed by atoms with E-state index in [1.54, 1.807) is 6.07 Å². The van der Waals surface area contributed by atoms with Crippen molar-refractivity contribution in [2.24, 2.45) is 0 Å². The quantitative estimate of drug-likeness (QED) is 0.492. The second kappa shape index (κ2) is 10.0. The zero-order valence-corrected chi connectivity index (χ0v) is 15.1. The van der Waals surface area contributed by atoms with E-state index < -0.39 is 0 Å². The van der Waals surface area contributed by atoms with Crippen LogP contribution in [0.4, 0.5) is 0 Å². The Kier molecular flexibility index (Phi) is 8.41. The van der Waals surface area contributed by atoms with Crippen LogP contribution in [0, 0.1) is 0 Å². The predicted octanol–water partition coefficient (Wildman–Crippen LogP) is 4.48. The molecule has 0 fully saturated rings. The van der Waals surface area contributed by atoms with E-state index in [-0.39, 0.29) is 18.5 Å². The summed E-state index contributed by atoms with van der Waals surface area (Å²) in [5.74, 6) is 0.676. The first-order valence-corrected chi connectivity index (χ1v) is 8.52. The molecule has 24 heavy (non-hydrogen) atoms. The van der Waals surface area contributed by atoms with E-state index in [1.807, 2.05) is 19.1 Å². The van der Waals surface area contributed by atoms with Crippen molar-refractivity contribution in [1.82, 2.24) is 0 Å². The van der Waals surface area contributed by atoms with E-state index in [0.29, 0.717) is 17.7 Å². The summed E-state index contributed by atoms with van der Waals surface area (Å²) in [4.78, 5) is 0. The topological polar surface area (TPSA) is 49.7 Å². The van der Waals surface area contributed by atoms with Crippen LogP contribution >= 0.6 is 0 Å². The van der Waals surface area contributed by atoms with Crippen molar-refractivity contribution < 1.29 is 14.9 Å². The highest BCUT2D eigenvalue weighted by molar-refractivity contribution is 6.67. The molecule has 0 saturated heterocycles. The molecule has 2 N–H and O–H groups in total. The maximum absolute atomic E-state index is 9.79. The highest BCUT2D eigenvalue weighted by Gasteiger charge is 2.13. The first-order chi connectivity index (χ1) is 11.4. The molecule has 0 bridgehead atoms. The fraction of sp³-hybridized carbons (Fsp3) is 0.400. The first-order valence-electron chi connectivity index (χ1n) is 8.52. The zero-order valence-electron chi connectivity index (χ0n) is 15.1. The van der Waals surface area contributed by atoms with Crippen molar-refractivity contribution >= 4 is 18.5 Å². The third-order valence-corrected chi connectivity index (χ3v) is 4.00. The molecule has 1 atom stereocenters. The van der Waals surface area contributed by atoms with Crippen LogP contribution in [0.15, 0.2) is 42.9 Å². The van der Waals surface area contributed by atoms with Crippen LogP contribution in [0.25, 0.3) is 11.2 Å². The minimum atomic E-state index is -0.0411. The van der Waals surface area contributed by atoms with Crippen LogP contribution < -0.4 is 4.74 Å². The van der Waals surface area contributed by atoms with Gasteiger partial charge in [-0.2, -0.15) is 0 Å². The molecule has 0 radical (unpaired) electrons. The molecule has 0 heterocycles. The third kappa shape index (κ3) is 6.28. The highest BCUT2D eigenvalue weighted by Crippen LogP contribution is 2.27. The van der Waals surface area contributed by atoms with Crippen LogP contribution in [0.1, 0.15) is 51.2 Å². The Morgan fingerprint density at radius 2 is 1.92 bits per heavy atom. The fourth-order valence-corrected chi connectivity index (χ4v) is 2.50. The van der Waals surface area contributed by atoms with Gasteiger partial charge in [-0.15, -0.1) is 12.1 Å². The molecule has 0 aromatic heterocycles. The first kappa shape index (κ1) is 20.1. The van der Waals surface area contributed by atoms with Crippen molar-refractivity contribution in [1.29, 1.82) is 0 Å². The van der Waals surface area contributed by atoms with Crippen molar-refractivity contribution in [3.8, 4) is 5.75 Å². The van der Waals surface area contributed by atoms with Crippen LogP contribution in [0.5, 0.6) is 5.75 Å². The minimum absolute atomic E-state index is 0.00598. The van der Waals surface area contributed by atoms with Gasteiger partial charge in [-0.25, -0.2) is 0 Å². The average molecular weight is 328 g/mol. The van der Waals surface area contributed by atoms with Gasteiger partial charge in [0.1, 0.15) is 17.6 Å². The van der Waals surface area contributed by atoms with E-state index in [0.717, 1.165) is 31.2 Å². The molecule has 1 aromatic rings. The molecule has 3 nitrogen and oxygen atoms in total. The summed E-state index contributed by atoms with van der Waals surface area (Å²) in [6.45, 7) is 14.0. The SMILES string of the molecule is C=C(O)c1cc(OC(CCC)CCO)cc(C(=C)B/C(C)=C\C)c1. The lowest BCUT2D eigenvalue weighted by Gasteiger charge is -2.19. The number of benzene rings is 1. The third-order valence-electron chi connectivity index (χ3n) is 4.00. The molecule has 130 valence electrons. The van der Waals surface area contributed by atoms with Gasteiger partial charge in [0.15, 0.2) is 7.28 Å². The molecule has 0 aliphatic carbocycles. The fourth-order valence-electron chi connectivity index (χ4n) is 2.50. The molecule has 1 aromatic carbocycles. The van der Waals surface area contributed by atoms with Gasteiger partial charge in [0.05, 0.1) is 0 Å². The Morgan fingerprint density at radius 1 is 1.25 bits per heavy atom. The maximum Gasteiger partial charge on any atom is 0.186 e. The number of rotatable bonds is 10. The Hall–Kier alpha value is -1.94. The summed E-state index contributed by atoms with van der Waals surface area (Å²) < 4.78 is 6.04. The molecule has 1 rings (SSSR count). The van der Waals surface area contributed by atoms with E-state index in [2.05, 4.69) is 33.1 Å².